The Morgan fingerprint density at radius 3 is 2.80 bits per heavy atom. The Bertz CT molecular complexity index is 1160. The molecule has 1 fully saturated rings. The third kappa shape index (κ3) is 4.18. The normalized spacial score (nSPS) is 18.5. The van der Waals surface area contributed by atoms with E-state index < -0.39 is 10.0 Å². The second-order valence-electron chi connectivity index (χ2n) is 7.37. The number of pyridine rings is 2. The molecule has 0 spiro atoms. The summed E-state index contributed by atoms with van der Waals surface area (Å²) in [6.07, 6.45) is 6.28. The Morgan fingerprint density at radius 2 is 2.07 bits per heavy atom. The van der Waals surface area contributed by atoms with Crippen molar-refractivity contribution in [3.8, 4) is 0 Å². The highest BCUT2D eigenvalue weighted by molar-refractivity contribution is 7.88. The first kappa shape index (κ1) is 20.4. The van der Waals surface area contributed by atoms with E-state index in [9.17, 15) is 13.2 Å². The molecule has 1 amide bonds. The zero-order valence-electron chi connectivity index (χ0n) is 16.8. The van der Waals surface area contributed by atoms with Crippen LogP contribution in [-0.4, -0.2) is 76.0 Å². The number of sulfonamides is 1. The van der Waals surface area contributed by atoms with Gasteiger partial charge in [0, 0.05) is 44.8 Å². The number of aromatic nitrogens is 4. The summed E-state index contributed by atoms with van der Waals surface area (Å²) in [5.74, 6) is 0.373. The molecule has 158 valence electrons. The average Bonchev–Trinajstić information content (AvgIpc) is 3.15. The molecular formula is C19H23N7O3S. The molecule has 0 bridgehead atoms. The van der Waals surface area contributed by atoms with Crippen LogP contribution < -0.4 is 5.32 Å². The molecule has 3 aromatic heterocycles. The Kier molecular flexibility index (Phi) is 5.50. The van der Waals surface area contributed by atoms with Crippen molar-refractivity contribution >= 4 is 21.6 Å². The summed E-state index contributed by atoms with van der Waals surface area (Å²) in [5, 5.41) is 11.4. The van der Waals surface area contributed by atoms with Crippen molar-refractivity contribution in [2.45, 2.75) is 12.6 Å². The van der Waals surface area contributed by atoms with Gasteiger partial charge in [0.15, 0.2) is 11.5 Å². The standard InChI is InChI=1S/C19H23N7O3S/c1-24-8-9-25(30(2,28)29)13-16(24)18-23-22-17-6-5-15(12-26(17)18)19(27)21-11-14-4-3-7-20-10-14/h3-7,10,12,16H,8-9,11,13H2,1-2H3,(H,21,27). The number of carbonyl (C=O) groups is 1. The molecule has 0 saturated carbocycles. The minimum absolute atomic E-state index is 0.227. The van der Waals surface area contributed by atoms with Crippen LogP contribution in [-0.2, 0) is 16.6 Å². The van der Waals surface area contributed by atoms with E-state index in [1.165, 1.54) is 10.6 Å². The van der Waals surface area contributed by atoms with Gasteiger partial charge >= 0.3 is 0 Å². The molecular weight excluding hydrogens is 406 g/mol. The van der Waals surface area contributed by atoms with Crippen molar-refractivity contribution in [1.82, 2.24) is 34.1 Å². The predicted molar refractivity (Wildman–Crippen MR) is 110 cm³/mol. The van der Waals surface area contributed by atoms with Crippen LogP contribution in [0.1, 0.15) is 27.8 Å². The predicted octanol–water partition coefficient (Wildman–Crippen LogP) is 0.302. The number of hydrogen-bond donors (Lipinski definition) is 1. The highest BCUT2D eigenvalue weighted by atomic mass is 32.2. The smallest absolute Gasteiger partial charge is 0.253 e. The molecule has 1 N–H and O–H groups in total. The lowest BCUT2D eigenvalue weighted by atomic mass is 10.2. The van der Waals surface area contributed by atoms with Crippen molar-refractivity contribution in [3.63, 3.8) is 0 Å². The second-order valence-corrected chi connectivity index (χ2v) is 9.35. The lowest BCUT2D eigenvalue weighted by Crippen LogP contribution is -2.49. The van der Waals surface area contributed by atoms with Gasteiger partial charge in [0.1, 0.15) is 0 Å². The fourth-order valence-electron chi connectivity index (χ4n) is 3.49. The fourth-order valence-corrected chi connectivity index (χ4v) is 4.31. The highest BCUT2D eigenvalue weighted by Crippen LogP contribution is 2.24. The summed E-state index contributed by atoms with van der Waals surface area (Å²) in [5.41, 5.74) is 1.96. The van der Waals surface area contributed by atoms with Crippen molar-refractivity contribution in [3.05, 3.63) is 59.8 Å². The molecule has 30 heavy (non-hydrogen) atoms. The third-order valence-corrected chi connectivity index (χ3v) is 6.51. The van der Waals surface area contributed by atoms with E-state index in [1.54, 1.807) is 35.1 Å². The van der Waals surface area contributed by atoms with Gasteiger partial charge in [-0.2, -0.15) is 4.31 Å². The molecule has 10 nitrogen and oxygen atoms in total. The zero-order valence-corrected chi connectivity index (χ0v) is 17.6. The van der Waals surface area contributed by atoms with Crippen LogP contribution in [0.3, 0.4) is 0 Å². The van der Waals surface area contributed by atoms with Crippen LogP contribution in [0.2, 0.25) is 0 Å². The third-order valence-electron chi connectivity index (χ3n) is 5.24. The molecule has 1 saturated heterocycles. The van der Waals surface area contributed by atoms with Crippen LogP contribution in [0.4, 0.5) is 0 Å². The molecule has 1 aliphatic rings. The number of amides is 1. The maximum absolute atomic E-state index is 12.6. The molecule has 0 aromatic carbocycles. The van der Waals surface area contributed by atoms with Gasteiger partial charge in [0.2, 0.25) is 10.0 Å². The number of rotatable bonds is 5. The largest absolute Gasteiger partial charge is 0.348 e. The van der Waals surface area contributed by atoms with Crippen molar-refractivity contribution < 1.29 is 13.2 Å². The zero-order chi connectivity index (χ0) is 21.3. The first-order valence-electron chi connectivity index (χ1n) is 9.50. The lowest BCUT2D eigenvalue weighted by Gasteiger charge is -2.37. The van der Waals surface area contributed by atoms with Crippen molar-refractivity contribution in [2.75, 3.05) is 32.9 Å². The van der Waals surface area contributed by atoms with Gasteiger partial charge in [-0.3, -0.25) is 19.1 Å². The van der Waals surface area contributed by atoms with Crippen LogP contribution in [0.15, 0.2) is 42.9 Å². The maximum Gasteiger partial charge on any atom is 0.253 e. The van der Waals surface area contributed by atoms with Gasteiger partial charge in [-0.25, -0.2) is 8.42 Å². The number of fused-ring (bicyclic) bond motifs is 1. The van der Waals surface area contributed by atoms with E-state index in [-0.39, 0.29) is 18.5 Å². The topological polar surface area (TPSA) is 113 Å². The Labute approximate surface area is 174 Å². The molecule has 11 heteroatoms. The minimum atomic E-state index is -3.30. The summed E-state index contributed by atoms with van der Waals surface area (Å²) < 4.78 is 27.2. The van der Waals surface area contributed by atoms with Gasteiger partial charge in [0.25, 0.3) is 5.91 Å². The Morgan fingerprint density at radius 1 is 1.23 bits per heavy atom. The molecule has 3 aromatic rings. The number of likely N-dealkylation sites (N-methyl/N-ethyl adjacent to an activating group) is 1. The summed E-state index contributed by atoms with van der Waals surface area (Å²) in [6, 6.07) is 6.86. The van der Waals surface area contributed by atoms with Crippen LogP contribution in [0.5, 0.6) is 0 Å². The van der Waals surface area contributed by atoms with Gasteiger partial charge in [0.05, 0.1) is 17.9 Å². The first-order valence-corrected chi connectivity index (χ1v) is 11.3. The van der Waals surface area contributed by atoms with E-state index in [0.717, 1.165) is 5.56 Å². The van der Waals surface area contributed by atoms with Gasteiger partial charge < -0.3 is 5.32 Å². The van der Waals surface area contributed by atoms with Crippen LogP contribution in [0, 0.1) is 0 Å². The van der Waals surface area contributed by atoms with Gasteiger partial charge in [-0.05, 0) is 30.8 Å². The van der Waals surface area contributed by atoms with E-state index in [0.29, 0.717) is 36.7 Å². The fraction of sp³-hybridized carbons (Fsp3) is 0.368. The van der Waals surface area contributed by atoms with E-state index in [1.807, 2.05) is 24.1 Å². The molecule has 1 atom stereocenters. The van der Waals surface area contributed by atoms with E-state index in [2.05, 4.69) is 20.5 Å². The molecule has 1 aliphatic heterocycles. The van der Waals surface area contributed by atoms with Crippen LogP contribution in [0.25, 0.3) is 5.65 Å². The number of piperazine rings is 1. The second kappa shape index (κ2) is 8.09. The number of hydrogen-bond acceptors (Lipinski definition) is 7. The van der Waals surface area contributed by atoms with Gasteiger partial charge in [-0.1, -0.05) is 6.07 Å². The molecule has 4 heterocycles. The summed E-state index contributed by atoms with van der Waals surface area (Å²) in [6.45, 7) is 1.67. The Balaban J connectivity index is 1.59. The van der Waals surface area contributed by atoms with Crippen molar-refractivity contribution in [1.29, 1.82) is 0 Å². The summed E-state index contributed by atoms with van der Waals surface area (Å²) in [7, 11) is -1.38. The highest BCUT2D eigenvalue weighted by Gasteiger charge is 2.33. The SMILES string of the molecule is CN1CCN(S(C)(=O)=O)CC1c1nnc2ccc(C(=O)NCc3cccnc3)cn12. The Hall–Kier alpha value is -2.89. The van der Waals surface area contributed by atoms with Gasteiger partial charge in [-0.15, -0.1) is 10.2 Å². The summed E-state index contributed by atoms with van der Waals surface area (Å²) >= 11 is 0. The van der Waals surface area contributed by atoms with E-state index >= 15 is 0 Å². The first-order chi connectivity index (χ1) is 14.3. The average molecular weight is 430 g/mol. The van der Waals surface area contributed by atoms with Crippen molar-refractivity contribution in [2.24, 2.45) is 0 Å². The molecule has 4 rings (SSSR count). The quantitative estimate of drug-likeness (QED) is 0.621. The molecule has 1 unspecified atom stereocenters. The number of nitrogens with zero attached hydrogens (tertiary/aromatic N) is 6. The van der Waals surface area contributed by atoms with Crippen LogP contribution >= 0.6 is 0 Å². The summed E-state index contributed by atoms with van der Waals surface area (Å²) in [4.78, 5) is 18.7. The number of nitrogens with one attached hydrogen (secondary N) is 1. The number of carbonyl (C=O) groups excluding carboxylic acids is 1. The maximum atomic E-state index is 12.6. The molecule has 0 aliphatic carbocycles. The minimum Gasteiger partial charge on any atom is -0.348 e. The molecule has 0 radical (unpaired) electrons. The monoisotopic (exact) mass is 429 g/mol. The lowest BCUT2D eigenvalue weighted by molar-refractivity contribution is 0.0950. The van der Waals surface area contributed by atoms with E-state index in [4.69, 9.17) is 0 Å².